The zero-order valence-electron chi connectivity index (χ0n) is 10.4. The molecule has 0 aromatic heterocycles. The van der Waals surface area contributed by atoms with Crippen LogP contribution < -0.4 is 10.6 Å². The average Bonchev–Trinajstić information content (AvgIpc) is 2.27. The third-order valence-electron chi connectivity index (χ3n) is 3.26. The minimum Gasteiger partial charge on any atom is -0.481 e. The van der Waals surface area contributed by atoms with Crippen LogP contribution in [-0.2, 0) is 9.59 Å². The fraction of sp³-hybridized carbons (Fsp3) is 0.833. The van der Waals surface area contributed by atoms with Crippen molar-refractivity contribution in [2.45, 2.75) is 45.1 Å². The lowest BCUT2D eigenvalue weighted by atomic mass is 9.86. The lowest BCUT2D eigenvalue weighted by molar-refractivity contribution is -0.137. The Morgan fingerprint density at radius 3 is 2.65 bits per heavy atom. The average molecular weight is 242 g/mol. The number of amides is 1. The van der Waals surface area contributed by atoms with E-state index in [4.69, 9.17) is 5.11 Å². The molecule has 1 fully saturated rings. The van der Waals surface area contributed by atoms with Gasteiger partial charge in [0.2, 0.25) is 5.91 Å². The molecule has 0 bridgehead atoms. The molecule has 0 saturated heterocycles. The van der Waals surface area contributed by atoms with Gasteiger partial charge in [0.1, 0.15) is 0 Å². The number of rotatable bonds is 6. The summed E-state index contributed by atoms with van der Waals surface area (Å²) < 4.78 is 0. The summed E-state index contributed by atoms with van der Waals surface area (Å²) in [7, 11) is 0. The second-order valence-electron chi connectivity index (χ2n) is 4.76. The number of carboxylic acids is 1. The third kappa shape index (κ3) is 5.68. The minimum atomic E-state index is -0.848. The second-order valence-corrected chi connectivity index (χ2v) is 4.76. The first-order valence-corrected chi connectivity index (χ1v) is 6.31. The Balaban J connectivity index is 2.13. The smallest absolute Gasteiger partial charge is 0.304 e. The van der Waals surface area contributed by atoms with Crippen molar-refractivity contribution < 1.29 is 14.7 Å². The maximum Gasteiger partial charge on any atom is 0.304 e. The molecule has 1 rings (SSSR count). The summed E-state index contributed by atoms with van der Waals surface area (Å²) in [5.41, 5.74) is 0. The molecule has 98 valence electrons. The van der Waals surface area contributed by atoms with Crippen LogP contribution in [0.25, 0.3) is 0 Å². The standard InChI is InChI=1S/C12H22N2O3/c1-9-4-2-3-5-10(9)14-11(15)8-13-7-6-12(16)17/h9-10,13H,2-8H2,1H3,(H,14,15)(H,16,17). The highest BCUT2D eigenvalue weighted by atomic mass is 16.4. The molecule has 2 atom stereocenters. The van der Waals surface area contributed by atoms with E-state index in [1.165, 1.54) is 19.3 Å². The molecule has 2 unspecified atom stereocenters. The van der Waals surface area contributed by atoms with Crippen LogP contribution in [0.15, 0.2) is 0 Å². The van der Waals surface area contributed by atoms with Gasteiger partial charge in [-0.3, -0.25) is 9.59 Å². The van der Waals surface area contributed by atoms with Crippen molar-refractivity contribution in [1.29, 1.82) is 0 Å². The van der Waals surface area contributed by atoms with E-state index in [2.05, 4.69) is 17.6 Å². The molecule has 17 heavy (non-hydrogen) atoms. The number of carboxylic acid groups (broad SMARTS) is 1. The third-order valence-corrected chi connectivity index (χ3v) is 3.26. The first kappa shape index (κ1) is 14.0. The Morgan fingerprint density at radius 2 is 2.00 bits per heavy atom. The summed E-state index contributed by atoms with van der Waals surface area (Å²) in [6.45, 7) is 2.71. The van der Waals surface area contributed by atoms with E-state index in [1.807, 2.05) is 0 Å². The Morgan fingerprint density at radius 1 is 1.29 bits per heavy atom. The first-order chi connectivity index (χ1) is 8.09. The number of carbonyl (C=O) groups is 2. The zero-order valence-corrected chi connectivity index (χ0v) is 10.4. The van der Waals surface area contributed by atoms with Gasteiger partial charge in [0.05, 0.1) is 13.0 Å². The van der Waals surface area contributed by atoms with Gasteiger partial charge in [0.15, 0.2) is 0 Å². The van der Waals surface area contributed by atoms with E-state index in [1.54, 1.807) is 0 Å². The number of hydrogen-bond donors (Lipinski definition) is 3. The Labute approximate surface area is 102 Å². The Kier molecular flexibility index (Phi) is 5.97. The first-order valence-electron chi connectivity index (χ1n) is 6.31. The molecular formula is C12H22N2O3. The van der Waals surface area contributed by atoms with Gasteiger partial charge in [-0.15, -0.1) is 0 Å². The van der Waals surface area contributed by atoms with Crippen LogP contribution in [-0.4, -0.2) is 36.1 Å². The molecule has 5 nitrogen and oxygen atoms in total. The summed E-state index contributed by atoms with van der Waals surface area (Å²) in [5.74, 6) is -0.334. The van der Waals surface area contributed by atoms with Crippen LogP contribution in [0, 0.1) is 5.92 Å². The molecule has 0 radical (unpaired) electrons. The van der Waals surface area contributed by atoms with E-state index < -0.39 is 5.97 Å². The van der Waals surface area contributed by atoms with Crippen molar-refractivity contribution in [3.8, 4) is 0 Å². The van der Waals surface area contributed by atoms with E-state index >= 15 is 0 Å². The summed E-state index contributed by atoms with van der Waals surface area (Å²) in [5, 5.41) is 14.3. The Hall–Kier alpha value is -1.10. The van der Waals surface area contributed by atoms with Crippen molar-refractivity contribution >= 4 is 11.9 Å². The van der Waals surface area contributed by atoms with Gasteiger partial charge in [-0.2, -0.15) is 0 Å². The lowest BCUT2D eigenvalue weighted by Crippen LogP contribution is -2.44. The van der Waals surface area contributed by atoms with Gasteiger partial charge in [0.25, 0.3) is 0 Å². The molecule has 0 aromatic carbocycles. The summed E-state index contributed by atoms with van der Waals surface area (Å²) in [6.07, 6.45) is 4.72. The highest BCUT2D eigenvalue weighted by Gasteiger charge is 2.22. The molecule has 3 N–H and O–H groups in total. The maximum absolute atomic E-state index is 11.6. The van der Waals surface area contributed by atoms with E-state index in [0.717, 1.165) is 6.42 Å². The van der Waals surface area contributed by atoms with Crippen LogP contribution >= 0.6 is 0 Å². The highest BCUT2D eigenvalue weighted by Crippen LogP contribution is 2.23. The summed E-state index contributed by atoms with van der Waals surface area (Å²) in [4.78, 5) is 21.8. The fourth-order valence-corrected chi connectivity index (χ4v) is 2.19. The van der Waals surface area contributed by atoms with E-state index in [0.29, 0.717) is 12.5 Å². The van der Waals surface area contributed by atoms with Crippen LogP contribution in [0.3, 0.4) is 0 Å². The predicted molar refractivity (Wildman–Crippen MR) is 64.7 cm³/mol. The molecule has 5 heteroatoms. The van der Waals surface area contributed by atoms with Gasteiger partial charge < -0.3 is 15.7 Å². The normalized spacial score (nSPS) is 24.3. The topological polar surface area (TPSA) is 78.4 Å². The van der Waals surface area contributed by atoms with Crippen LogP contribution in [0.2, 0.25) is 0 Å². The molecule has 1 aliphatic carbocycles. The maximum atomic E-state index is 11.6. The molecule has 0 aliphatic heterocycles. The minimum absolute atomic E-state index is 0.0332. The van der Waals surface area contributed by atoms with Gasteiger partial charge >= 0.3 is 5.97 Å². The summed E-state index contributed by atoms with van der Waals surface area (Å²) >= 11 is 0. The molecule has 0 heterocycles. The molecule has 1 amide bonds. The number of hydrogen-bond acceptors (Lipinski definition) is 3. The number of aliphatic carboxylic acids is 1. The van der Waals surface area contributed by atoms with Gasteiger partial charge in [0, 0.05) is 12.6 Å². The van der Waals surface area contributed by atoms with Crippen LogP contribution in [0.5, 0.6) is 0 Å². The molecule has 1 saturated carbocycles. The fourth-order valence-electron chi connectivity index (χ4n) is 2.19. The van der Waals surface area contributed by atoms with Crippen molar-refractivity contribution in [1.82, 2.24) is 10.6 Å². The predicted octanol–water partition coefficient (Wildman–Crippen LogP) is 0.746. The van der Waals surface area contributed by atoms with Gasteiger partial charge in [-0.05, 0) is 18.8 Å². The number of carbonyl (C=O) groups excluding carboxylic acids is 1. The second kappa shape index (κ2) is 7.27. The highest BCUT2D eigenvalue weighted by molar-refractivity contribution is 5.78. The number of nitrogens with one attached hydrogen (secondary N) is 2. The van der Waals surface area contributed by atoms with Crippen molar-refractivity contribution in [3.63, 3.8) is 0 Å². The molecule has 0 spiro atoms. The zero-order chi connectivity index (χ0) is 12.7. The van der Waals surface area contributed by atoms with Crippen molar-refractivity contribution in [2.75, 3.05) is 13.1 Å². The molecular weight excluding hydrogens is 220 g/mol. The largest absolute Gasteiger partial charge is 0.481 e. The summed E-state index contributed by atoms with van der Waals surface area (Å²) in [6, 6.07) is 0.289. The Bertz CT molecular complexity index is 268. The molecule has 1 aliphatic rings. The SMILES string of the molecule is CC1CCCCC1NC(=O)CNCCC(=O)O. The lowest BCUT2D eigenvalue weighted by Gasteiger charge is -2.29. The van der Waals surface area contributed by atoms with Gasteiger partial charge in [-0.25, -0.2) is 0 Å². The molecule has 0 aromatic rings. The van der Waals surface area contributed by atoms with Crippen molar-refractivity contribution in [3.05, 3.63) is 0 Å². The quantitative estimate of drug-likeness (QED) is 0.600. The van der Waals surface area contributed by atoms with Gasteiger partial charge in [-0.1, -0.05) is 19.8 Å². The van der Waals surface area contributed by atoms with E-state index in [9.17, 15) is 9.59 Å². The van der Waals surface area contributed by atoms with Crippen LogP contribution in [0.4, 0.5) is 0 Å². The van der Waals surface area contributed by atoms with E-state index in [-0.39, 0.29) is 24.9 Å². The van der Waals surface area contributed by atoms with Crippen LogP contribution in [0.1, 0.15) is 39.0 Å². The monoisotopic (exact) mass is 242 g/mol. The van der Waals surface area contributed by atoms with Crippen molar-refractivity contribution in [2.24, 2.45) is 5.92 Å².